The molecule has 0 unspecified atom stereocenters. The molecule has 1 fully saturated rings. The minimum Gasteiger partial charge on any atom is -0.420 e. The molecule has 36 heavy (non-hydrogen) atoms. The number of benzene rings is 4. The molecule has 4 nitrogen and oxygen atoms in total. The Labute approximate surface area is 220 Å². The molecule has 0 bridgehead atoms. The highest BCUT2D eigenvalue weighted by Crippen LogP contribution is 2.19. The van der Waals surface area contributed by atoms with Gasteiger partial charge in [-0.3, -0.25) is 0 Å². The predicted octanol–water partition coefficient (Wildman–Crippen LogP) is 4.08. The molecule has 1 aliphatic heterocycles. The highest BCUT2D eigenvalue weighted by Gasteiger charge is 2.35. The maximum atomic E-state index is 6.86. The van der Waals surface area contributed by atoms with Crippen LogP contribution in [0.2, 0.25) is 0 Å². The first-order valence-corrected chi connectivity index (χ1v) is 19.6. The molecule has 1 saturated heterocycles. The fourth-order valence-corrected chi connectivity index (χ4v) is 18.9. The third-order valence-corrected chi connectivity index (χ3v) is 19.1. The van der Waals surface area contributed by atoms with Crippen LogP contribution in [0.4, 0.5) is 0 Å². The summed E-state index contributed by atoms with van der Waals surface area (Å²) in [4.78, 5) is 0. The third-order valence-electron chi connectivity index (χ3n) is 6.20. The molecule has 0 radical (unpaired) electrons. The summed E-state index contributed by atoms with van der Waals surface area (Å²) in [6.07, 6.45) is 0. The van der Waals surface area contributed by atoms with Crippen LogP contribution in [0.5, 0.6) is 0 Å². The zero-order chi connectivity index (χ0) is 24.4. The maximum absolute atomic E-state index is 6.86. The lowest BCUT2D eigenvalue weighted by molar-refractivity contribution is 0.278. The van der Waals surface area contributed by atoms with Gasteiger partial charge in [0.05, 0.1) is 0 Å². The van der Waals surface area contributed by atoms with Crippen LogP contribution in [-0.4, -0.2) is 37.1 Å². The molecule has 0 atom stereocenters. The Hall–Kier alpha value is -2.41. The lowest BCUT2D eigenvalue weighted by Gasteiger charge is -2.34. The van der Waals surface area contributed by atoms with Crippen molar-refractivity contribution in [2.24, 2.45) is 0 Å². The zero-order valence-corrected chi connectivity index (χ0v) is 24.9. The minimum atomic E-state index is -2.04. The fourth-order valence-electron chi connectivity index (χ4n) is 4.42. The van der Waals surface area contributed by atoms with Gasteiger partial charge in [-0.25, -0.2) is 0 Å². The van der Waals surface area contributed by atoms with Crippen LogP contribution in [0.3, 0.4) is 0 Å². The lowest BCUT2D eigenvalue weighted by atomic mass is 10.2. The van der Waals surface area contributed by atoms with Crippen molar-refractivity contribution in [1.82, 2.24) is 0 Å². The van der Waals surface area contributed by atoms with Gasteiger partial charge in [-0.05, 0) is 22.3 Å². The molecule has 4 aromatic rings. The molecule has 0 N–H and O–H groups in total. The second kappa shape index (κ2) is 13.2. The first kappa shape index (κ1) is 25.2. The number of hydrogen-bond donors (Lipinski definition) is 0. The van der Waals surface area contributed by atoms with Crippen molar-refractivity contribution in [3.8, 4) is 0 Å². The van der Waals surface area contributed by atoms with Gasteiger partial charge in [0, 0.05) is 24.2 Å². The van der Waals surface area contributed by atoms with Gasteiger partial charge < -0.3 is 16.5 Å². The van der Waals surface area contributed by atoms with Crippen molar-refractivity contribution in [3.05, 3.63) is 144 Å². The standard InChI is InChI=1S/C28H32O4Si4/c1-5-13-25(14-6-1)21-33-29-34(22-26-15-7-2-8-16-26)31-36(24-28-19-11-4-12-20-28)32-35(30-33)23-27-17-9-3-10-18-27/h1-20,33-36H,21-24H2. The Kier molecular flexibility index (Phi) is 9.27. The van der Waals surface area contributed by atoms with E-state index < -0.39 is 37.1 Å². The fraction of sp³-hybridized carbons (Fsp3) is 0.143. The molecule has 1 aliphatic rings. The monoisotopic (exact) mass is 544 g/mol. The van der Waals surface area contributed by atoms with Gasteiger partial charge in [0.2, 0.25) is 0 Å². The van der Waals surface area contributed by atoms with Crippen molar-refractivity contribution < 1.29 is 16.5 Å². The molecule has 8 heteroatoms. The van der Waals surface area contributed by atoms with Crippen LogP contribution in [-0.2, 0) is 40.6 Å². The molecular formula is C28H32O4Si4. The molecule has 0 saturated carbocycles. The van der Waals surface area contributed by atoms with E-state index in [-0.39, 0.29) is 0 Å². The molecule has 5 rings (SSSR count). The maximum Gasteiger partial charge on any atom is 0.307 e. The van der Waals surface area contributed by atoms with E-state index in [1.165, 1.54) is 22.3 Å². The van der Waals surface area contributed by atoms with Gasteiger partial charge >= 0.3 is 37.1 Å². The SMILES string of the molecule is c1ccc(C[SiH]2O[SiH](Cc3ccccc3)O[SiH](Cc3ccccc3)O[SiH](Cc3ccccc3)O2)cc1. The summed E-state index contributed by atoms with van der Waals surface area (Å²) < 4.78 is 27.4. The van der Waals surface area contributed by atoms with Gasteiger partial charge in [0.1, 0.15) is 0 Å². The van der Waals surface area contributed by atoms with Crippen molar-refractivity contribution in [3.63, 3.8) is 0 Å². The summed E-state index contributed by atoms with van der Waals surface area (Å²) in [6.45, 7) is 0. The van der Waals surface area contributed by atoms with E-state index in [1.54, 1.807) is 0 Å². The Morgan fingerprint density at radius 1 is 0.306 bits per heavy atom. The second-order valence-electron chi connectivity index (χ2n) is 9.02. The topological polar surface area (TPSA) is 36.9 Å². The van der Waals surface area contributed by atoms with Crippen LogP contribution in [0.1, 0.15) is 22.3 Å². The molecule has 0 amide bonds. The van der Waals surface area contributed by atoms with Crippen LogP contribution in [0.15, 0.2) is 121 Å². The van der Waals surface area contributed by atoms with Crippen LogP contribution < -0.4 is 0 Å². The highest BCUT2D eigenvalue weighted by atomic mass is 28.5. The van der Waals surface area contributed by atoms with Gasteiger partial charge in [0.15, 0.2) is 0 Å². The van der Waals surface area contributed by atoms with E-state index in [1.807, 2.05) is 0 Å². The average Bonchev–Trinajstić information content (AvgIpc) is 2.90. The van der Waals surface area contributed by atoms with Crippen molar-refractivity contribution >= 4 is 37.1 Å². The van der Waals surface area contributed by atoms with Crippen molar-refractivity contribution in [2.45, 2.75) is 24.2 Å². The average molecular weight is 545 g/mol. The molecular weight excluding hydrogens is 513 g/mol. The van der Waals surface area contributed by atoms with E-state index in [0.717, 1.165) is 24.2 Å². The zero-order valence-electron chi connectivity index (χ0n) is 20.3. The summed E-state index contributed by atoms with van der Waals surface area (Å²) >= 11 is 0. The highest BCUT2D eigenvalue weighted by molar-refractivity contribution is 6.73. The normalized spacial score (nSPS) is 22.4. The van der Waals surface area contributed by atoms with E-state index in [2.05, 4.69) is 121 Å². The molecule has 4 aromatic carbocycles. The largest absolute Gasteiger partial charge is 0.420 e. The van der Waals surface area contributed by atoms with Gasteiger partial charge in [-0.15, -0.1) is 0 Å². The van der Waals surface area contributed by atoms with Crippen LogP contribution in [0.25, 0.3) is 0 Å². The number of rotatable bonds is 8. The molecule has 0 aromatic heterocycles. The van der Waals surface area contributed by atoms with Gasteiger partial charge in [0.25, 0.3) is 0 Å². The van der Waals surface area contributed by atoms with E-state index in [4.69, 9.17) is 16.5 Å². The quantitative estimate of drug-likeness (QED) is 0.313. The van der Waals surface area contributed by atoms with E-state index >= 15 is 0 Å². The Morgan fingerprint density at radius 3 is 0.694 bits per heavy atom. The Bertz CT molecular complexity index is 971. The van der Waals surface area contributed by atoms with Crippen LogP contribution in [0, 0.1) is 0 Å². The van der Waals surface area contributed by atoms with Gasteiger partial charge in [-0.1, -0.05) is 121 Å². The molecule has 1 heterocycles. The van der Waals surface area contributed by atoms with Gasteiger partial charge in [-0.2, -0.15) is 0 Å². The molecule has 184 valence electrons. The summed E-state index contributed by atoms with van der Waals surface area (Å²) in [5, 5.41) is 0. The van der Waals surface area contributed by atoms with Crippen molar-refractivity contribution in [1.29, 1.82) is 0 Å². The molecule has 0 spiro atoms. The molecule has 0 aliphatic carbocycles. The first-order chi connectivity index (χ1) is 17.8. The summed E-state index contributed by atoms with van der Waals surface area (Å²) in [5.41, 5.74) is 5.03. The minimum absolute atomic E-state index is 0.828. The van der Waals surface area contributed by atoms with E-state index in [0.29, 0.717) is 0 Å². The predicted molar refractivity (Wildman–Crippen MR) is 154 cm³/mol. The Morgan fingerprint density at radius 2 is 0.500 bits per heavy atom. The summed E-state index contributed by atoms with van der Waals surface area (Å²) in [7, 11) is -8.17. The first-order valence-electron chi connectivity index (χ1n) is 12.6. The summed E-state index contributed by atoms with van der Waals surface area (Å²) in [5.74, 6) is 0. The smallest absolute Gasteiger partial charge is 0.307 e. The summed E-state index contributed by atoms with van der Waals surface area (Å²) in [6, 6.07) is 45.5. The lowest BCUT2D eigenvalue weighted by Crippen LogP contribution is -2.52. The number of hydrogen-bond acceptors (Lipinski definition) is 4. The van der Waals surface area contributed by atoms with Crippen molar-refractivity contribution in [2.75, 3.05) is 0 Å². The Balaban J connectivity index is 1.39. The third kappa shape index (κ3) is 7.79. The second-order valence-corrected chi connectivity index (χ2v) is 18.4. The van der Waals surface area contributed by atoms with E-state index in [9.17, 15) is 0 Å². The van der Waals surface area contributed by atoms with Crippen LogP contribution >= 0.6 is 0 Å².